The van der Waals surface area contributed by atoms with Crippen LogP contribution in [0.1, 0.15) is 29.5 Å². The van der Waals surface area contributed by atoms with Gasteiger partial charge in [-0.3, -0.25) is 0 Å². The summed E-state index contributed by atoms with van der Waals surface area (Å²) in [5.74, 6) is 1.57. The van der Waals surface area contributed by atoms with Crippen LogP contribution in [0.15, 0.2) is 28.9 Å². The number of aromatic nitrogens is 1. The number of aryl methyl sites for hydroxylation is 2. The van der Waals surface area contributed by atoms with Crippen molar-refractivity contribution >= 4 is 5.82 Å². The van der Waals surface area contributed by atoms with Crippen molar-refractivity contribution in [1.29, 1.82) is 5.26 Å². The highest BCUT2D eigenvalue weighted by Gasteiger charge is 2.12. The van der Waals surface area contributed by atoms with E-state index in [2.05, 4.69) is 16.4 Å². The van der Waals surface area contributed by atoms with Gasteiger partial charge in [-0.1, -0.05) is 0 Å². The molecule has 19 heavy (non-hydrogen) atoms. The van der Waals surface area contributed by atoms with Crippen molar-refractivity contribution in [3.05, 3.63) is 47.0 Å². The molecule has 0 saturated heterocycles. The third-order valence-corrected chi connectivity index (χ3v) is 2.93. The minimum absolute atomic E-state index is 0.145. The second-order valence-corrected chi connectivity index (χ2v) is 4.74. The van der Waals surface area contributed by atoms with E-state index in [1.54, 1.807) is 6.26 Å². The van der Waals surface area contributed by atoms with Gasteiger partial charge in [-0.05, 0) is 44.5 Å². The number of pyridine rings is 1. The summed E-state index contributed by atoms with van der Waals surface area (Å²) in [5.41, 5.74) is 2.46. The quantitative estimate of drug-likeness (QED) is 0.911. The van der Waals surface area contributed by atoms with Gasteiger partial charge in [-0.2, -0.15) is 5.26 Å². The van der Waals surface area contributed by atoms with Crippen molar-refractivity contribution in [2.75, 3.05) is 5.32 Å². The van der Waals surface area contributed by atoms with Crippen LogP contribution in [-0.2, 0) is 6.42 Å². The third kappa shape index (κ3) is 3.14. The molecule has 0 amide bonds. The molecule has 1 atom stereocenters. The van der Waals surface area contributed by atoms with Crippen molar-refractivity contribution in [2.24, 2.45) is 0 Å². The Hall–Kier alpha value is -2.28. The molecular formula is C15H17N3O. The predicted octanol–water partition coefficient (Wildman–Crippen LogP) is 3.21. The van der Waals surface area contributed by atoms with Gasteiger partial charge in [-0.15, -0.1) is 0 Å². The van der Waals surface area contributed by atoms with Crippen LogP contribution < -0.4 is 5.32 Å². The molecule has 0 bridgehead atoms. The highest BCUT2D eigenvalue weighted by Crippen LogP contribution is 2.19. The second-order valence-electron chi connectivity index (χ2n) is 4.74. The second kappa shape index (κ2) is 5.57. The van der Waals surface area contributed by atoms with Crippen LogP contribution in [0.4, 0.5) is 5.82 Å². The first-order valence-electron chi connectivity index (χ1n) is 6.27. The molecule has 0 aliphatic rings. The lowest BCUT2D eigenvalue weighted by atomic mass is 10.1. The maximum Gasteiger partial charge on any atom is 0.144 e. The number of hydrogen-bond donors (Lipinski definition) is 1. The van der Waals surface area contributed by atoms with Crippen LogP contribution in [0.5, 0.6) is 0 Å². The summed E-state index contributed by atoms with van der Waals surface area (Å²) in [6.45, 7) is 5.90. The van der Waals surface area contributed by atoms with E-state index in [9.17, 15) is 5.26 Å². The zero-order valence-corrected chi connectivity index (χ0v) is 11.4. The topological polar surface area (TPSA) is 61.9 Å². The highest BCUT2D eigenvalue weighted by atomic mass is 16.3. The molecule has 0 spiro atoms. The minimum Gasteiger partial charge on any atom is -0.469 e. The number of anilines is 1. The van der Waals surface area contributed by atoms with E-state index in [0.717, 1.165) is 23.4 Å². The minimum atomic E-state index is 0.145. The van der Waals surface area contributed by atoms with Gasteiger partial charge in [-0.25, -0.2) is 4.98 Å². The summed E-state index contributed by atoms with van der Waals surface area (Å²) in [6.07, 6.45) is 2.42. The number of nitriles is 1. The van der Waals surface area contributed by atoms with E-state index in [-0.39, 0.29) is 6.04 Å². The monoisotopic (exact) mass is 255 g/mol. The normalized spacial score (nSPS) is 11.9. The maximum atomic E-state index is 9.21. The van der Waals surface area contributed by atoms with E-state index in [4.69, 9.17) is 4.42 Å². The summed E-state index contributed by atoms with van der Waals surface area (Å²) in [5, 5.41) is 12.5. The Bertz CT molecular complexity index is 597. The van der Waals surface area contributed by atoms with Crippen LogP contribution in [0.25, 0.3) is 0 Å². The van der Waals surface area contributed by atoms with Gasteiger partial charge in [0.15, 0.2) is 0 Å². The first kappa shape index (κ1) is 13.2. The Kier molecular flexibility index (Phi) is 3.86. The third-order valence-electron chi connectivity index (χ3n) is 2.93. The largest absolute Gasteiger partial charge is 0.469 e. The molecule has 1 unspecified atom stereocenters. The zero-order valence-electron chi connectivity index (χ0n) is 11.4. The van der Waals surface area contributed by atoms with E-state index in [1.165, 1.54) is 0 Å². The molecule has 2 aromatic heterocycles. The van der Waals surface area contributed by atoms with Gasteiger partial charge in [0, 0.05) is 18.2 Å². The van der Waals surface area contributed by atoms with Gasteiger partial charge in [0.2, 0.25) is 0 Å². The molecule has 0 fully saturated rings. The standard InChI is InChI=1S/C15H17N3O/c1-10-7-11(2)17-15(14(10)9-16)18-12(3)8-13-5-4-6-19-13/h4-7,12H,8H2,1-3H3,(H,17,18). The summed E-state index contributed by atoms with van der Waals surface area (Å²) in [7, 11) is 0. The average Bonchev–Trinajstić information content (AvgIpc) is 2.81. The Morgan fingerprint density at radius 2 is 2.26 bits per heavy atom. The van der Waals surface area contributed by atoms with E-state index in [0.29, 0.717) is 11.4 Å². The molecule has 2 aromatic rings. The molecule has 0 aliphatic carbocycles. The Morgan fingerprint density at radius 3 is 2.89 bits per heavy atom. The lowest BCUT2D eigenvalue weighted by molar-refractivity contribution is 0.497. The molecule has 0 radical (unpaired) electrons. The van der Waals surface area contributed by atoms with Crippen LogP contribution in [-0.4, -0.2) is 11.0 Å². The summed E-state index contributed by atoms with van der Waals surface area (Å²) in [4.78, 5) is 4.41. The molecule has 2 rings (SSSR count). The first-order valence-corrected chi connectivity index (χ1v) is 6.27. The average molecular weight is 255 g/mol. The van der Waals surface area contributed by atoms with Crippen molar-refractivity contribution in [3.8, 4) is 6.07 Å². The number of nitrogens with one attached hydrogen (secondary N) is 1. The van der Waals surface area contributed by atoms with Crippen molar-refractivity contribution in [2.45, 2.75) is 33.2 Å². The Labute approximate surface area is 113 Å². The molecule has 4 heteroatoms. The SMILES string of the molecule is Cc1cc(C)c(C#N)c(NC(C)Cc2ccco2)n1. The van der Waals surface area contributed by atoms with Gasteiger partial charge in [0.1, 0.15) is 17.6 Å². The van der Waals surface area contributed by atoms with Crippen LogP contribution >= 0.6 is 0 Å². The molecule has 0 aromatic carbocycles. The lowest BCUT2D eigenvalue weighted by Crippen LogP contribution is -2.20. The molecule has 1 N–H and O–H groups in total. The van der Waals surface area contributed by atoms with E-state index in [1.807, 2.05) is 39.0 Å². The van der Waals surface area contributed by atoms with Crippen molar-refractivity contribution < 1.29 is 4.42 Å². The van der Waals surface area contributed by atoms with Gasteiger partial charge in [0.05, 0.1) is 11.8 Å². The van der Waals surface area contributed by atoms with Gasteiger partial charge in [0.25, 0.3) is 0 Å². The summed E-state index contributed by atoms with van der Waals surface area (Å²) < 4.78 is 5.32. The van der Waals surface area contributed by atoms with Crippen molar-refractivity contribution in [3.63, 3.8) is 0 Å². The number of rotatable bonds is 4. The van der Waals surface area contributed by atoms with Crippen molar-refractivity contribution in [1.82, 2.24) is 4.98 Å². The van der Waals surface area contributed by atoms with E-state index < -0.39 is 0 Å². The highest BCUT2D eigenvalue weighted by molar-refractivity contribution is 5.56. The molecule has 4 nitrogen and oxygen atoms in total. The maximum absolute atomic E-state index is 9.21. The van der Waals surface area contributed by atoms with Crippen LogP contribution in [0.3, 0.4) is 0 Å². The lowest BCUT2D eigenvalue weighted by Gasteiger charge is -2.15. The van der Waals surface area contributed by atoms with Crippen LogP contribution in [0.2, 0.25) is 0 Å². The predicted molar refractivity (Wildman–Crippen MR) is 73.9 cm³/mol. The molecule has 98 valence electrons. The fourth-order valence-corrected chi connectivity index (χ4v) is 2.10. The number of nitrogens with zero attached hydrogens (tertiary/aromatic N) is 2. The number of hydrogen-bond acceptors (Lipinski definition) is 4. The molecular weight excluding hydrogens is 238 g/mol. The number of furan rings is 1. The van der Waals surface area contributed by atoms with E-state index >= 15 is 0 Å². The first-order chi connectivity index (χ1) is 9.10. The Morgan fingerprint density at radius 1 is 1.47 bits per heavy atom. The fourth-order valence-electron chi connectivity index (χ4n) is 2.10. The molecule has 0 aliphatic heterocycles. The smallest absolute Gasteiger partial charge is 0.144 e. The van der Waals surface area contributed by atoms with Gasteiger partial charge >= 0.3 is 0 Å². The fraction of sp³-hybridized carbons (Fsp3) is 0.333. The van der Waals surface area contributed by atoms with Crippen LogP contribution in [0, 0.1) is 25.2 Å². The Balaban J connectivity index is 2.16. The summed E-state index contributed by atoms with van der Waals surface area (Å²) >= 11 is 0. The molecule has 2 heterocycles. The van der Waals surface area contributed by atoms with Gasteiger partial charge < -0.3 is 9.73 Å². The summed E-state index contributed by atoms with van der Waals surface area (Å²) in [6, 6.07) is 8.09. The zero-order chi connectivity index (χ0) is 13.8. The molecule has 0 saturated carbocycles.